The SMILES string of the molecule is COc1ccc(/C=C/C(=O)OCC(=O)NCCC2=CCCCC2)cc1. The lowest BCUT2D eigenvalue weighted by Crippen LogP contribution is -2.29. The Morgan fingerprint density at radius 1 is 1.20 bits per heavy atom. The number of nitrogens with one attached hydrogen (secondary N) is 1. The van der Waals surface area contributed by atoms with Gasteiger partial charge in [0.25, 0.3) is 5.91 Å². The van der Waals surface area contributed by atoms with E-state index < -0.39 is 5.97 Å². The molecule has 0 bridgehead atoms. The summed E-state index contributed by atoms with van der Waals surface area (Å²) in [6.45, 7) is 0.328. The number of amides is 1. The summed E-state index contributed by atoms with van der Waals surface area (Å²) in [5.41, 5.74) is 2.26. The molecule has 25 heavy (non-hydrogen) atoms. The average molecular weight is 343 g/mol. The topological polar surface area (TPSA) is 64.6 Å². The third-order valence-corrected chi connectivity index (χ3v) is 4.03. The number of rotatable bonds is 8. The molecule has 1 aromatic rings. The summed E-state index contributed by atoms with van der Waals surface area (Å²) in [6, 6.07) is 7.27. The maximum Gasteiger partial charge on any atom is 0.331 e. The van der Waals surface area contributed by atoms with Crippen molar-refractivity contribution in [3.63, 3.8) is 0 Å². The molecule has 0 fully saturated rings. The number of carbonyl (C=O) groups is 2. The van der Waals surface area contributed by atoms with E-state index in [1.165, 1.54) is 24.5 Å². The summed E-state index contributed by atoms with van der Waals surface area (Å²) in [5, 5.41) is 2.78. The number of hydrogen-bond acceptors (Lipinski definition) is 4. The van der Waals surface area contributed by atoms with Crippen LogP contribution >= 0.6 is 0 Å². The quantitative estimate of drug-likeness (QED) is 0.447. The Kier molecular flexibility index (Phi) is 7.76. The van der Waals surface area contributed by atoms with E-state index in [0.717, 1.165) is 30.6 Å². The van der Waals surface area contributed by atoms with Gasteiger partial charge in [0.2, 0.25) is 0 Å². The van der Waals surface area contributed by atoms with Crippen molar-refractivity contribution in [3.05, 3.63) is 47.6 Å². The van der Waals surface area contributed by atoms with Crippen LogP contribution in [0.1, 0.15) is 37.7 Å². The number of carbonyl (C=O) groups excluding carboxylic acids is 2. The zero-order chi connectivity index (χ0) is 17.9. The first kappa shape index (κ1) is 18.8. The fraction of sp³-hybridized carbons (Fsp3) is 0.400. The third-order valence-electron chi connectivity index (χ3n) is 4.03. The van der Waals surface area contributed by atoms with E-state index in [1.807, 2.05) is 12.1 Å². The van der Waals surface area contributed by atoms with Gasteiger partial charge in [-0.3, -0.25) is 4.79 Å². The van der Waals surface area contributed by atoms with Gasteiger partial charge < -0.3 is 14.8 Å². The monoisotopic (exact) mass is 343 g/mol. The maximum absolute atomic E-state index is 11.7. The largest absolute Gasteiger partial charge is 0.497 e. The van der Waals surface area contributed by atoms with Crippen molar-refractivity contribution >= 4 is 18.0 Å². The summed E-state index contributed by atoms with van der Waals surface area (Å²) in [7, 11) is 1.60. The molecule has 1 aromatic carbocycles. The van der Waals surface area contributed by atoms with Crippen LogP contribution in [-0.4, -0.2) is 32.1 Å². The van der Waals surface area contributed by atoms with Crippen LogP contribution in [-0.2, 0) is 14.3 Å². The lowest BCUT2D eigenvalue weighted by molar-refractivity contribution is -0.143. The molecule has 0 heterocycles. The molecular weight excluding hydrogens is 318 g/mol. The standard InChI is InChI=1S/C20H25NO4/c1-24-18-10-7-17(8-11-18)9-12-20(23)25-15-19(22)21-14-13-16-5-3-2-4-6-16/h5,7-12H,2-4,6,13-15H2,1H3,(H,21,22)/b12-9+. The molecule has 2 rings (SSSR count). The molecule has 134 valence electrons. The van der Waals surface area contributed by atoms with Gasteiger partial charge in [-0.1, -0.05) is 23.8 Å². The fourth-order valence-corrected chi connectivity index (χ4v) is 2.61. The summed E-state index contributed by atoms with van der Waals surface area (Å²) in [4.78, 5) is 23.3. The number of benzene rings is 1. The van der Waals surface area contributed by atoms with Gasteiger partial charge in [0.15, 0.2) is 6.61 Å². The second kappa shape index (κ2) is 10.3. The lowest BCUT2D eigenvalue weighted by atomic mass is 9.97. The molecule has 1 aliphatic rings. The van der Waals surface area contributed by atoms with E-state index in [-0.39, 0.29) is 12.5 Å². The van der Waals surface area contributed by atoms with Gasteiger partial charge in [0, 0.05) is 12.6 Å². The van der Waals surface area contributed by atoms with Crippen LogP contribution in [0, 0.1) is 0 Å². The second-order valence-electron chi connectivity index (χ2n) is 5.92. The molecule has 5 nitrogen and oxygen atoms in total. The number of ether oxygens (including phenoxy) is 2. The Labute approximate surface area is 148 Å². The van der Waals surface area contributed by atoms with E-state index in [1.54, 1.807) is 25.3 Å². The van der Waals surface area contributed by atoms with Gasteiger partial charge >= 0.3 is 5.97 Å². The number of esters is 1. The Hall–Kier alpha value is -2.56. The van der Waals surface area contributed by atoms with Crippen molar-refractivity contribution < 1.29 is 19.1 Å². The van der Waals surface area contributed by atoms with Crippen molar-refractivity contribution in [2.24, 2.45) is 0 Å². The summed E-state index contributed by atoms with van der Waals surface area (Å²) in [6.07, 6.45) is 10.8. The highest BCUT2D eigenvalue weighted by Gasteiger charge is 2.07. The second-order valence-corrected chi connectivity index (χ2v) is 5.92. The van der Waals surface area contributed by atoms with E-state index in [4.69, 9.17) is 9.47 Å². The Balaban J connectivity index is 1.63. The minimum atomic E-state index is -0.541. The minimum absolute atomic E-state index is 0.259. The third kappa shape index (κ3) is 7.25. The van der Waals surface area contributed by atoms with E-state index >= 15 is 0 Å². The first-order chi connectivity index (χ1) is 12.2. The van der Waals surface area contributed by atoms with Crippen LogP contribution in [0.3, 0.4) is 0 Å². The summed E-state index contributed by atoms with van der Waals surface area (Å²) < 4.78 is 10.0. The predicted octanol–water partition coefficient (Wildman–Crippen LogP) is 3.26. The number of hydrogen-bond donors (Lipinski definition) is 1. The van der Waals surface area contributed by atoms with Crippen molar-refractivity contribution in [1.82, 2.24) is 5.32 Å². The Bertz CT molecular complexity index is 632. The average Bonchev–Trinajstić information content (AvgIpc) is 2.66. The van der Waals surface area contributed by atoms with Gasteiger partial charge in [0.1, 0.15) is 5.75 Å². The van der Waals surface area contributed by atoms with Crippen LogP contribution in [0.5, 0.6) is 5.75 Å². The van der Waals surface area contributed by atoms with Gasteiger partial charge in [0.05, 0.1) is 7.11 Å². The van der Waals surface area contributed by atoms with Crippen molar-refractivity contribution in [2.75, 3.05) is 20.3 Å². The first-order valence-electron chi connectivity index (χ1n) is 8.61. The molecule has 0 saturated heterocycles. The molecule has 0 radical (unpaired) electrons. The molecule has 0 atom stereocenters. The van der Waals surface area contributed by atoms with E-state index in [9.17, 15) is 9.59 Å². The molecule has 0 aliphatic heterocycles. The Morgan fingerprint density at radius 3 is 2.68 bits per heavy atom. The smallest absolute Gasteiger partial charge is 0.331 e. The van der Waals surface area contributed by atoms with E-state index in [2.05, 4.69) is 11.4 Å². The lowest BCUT2D eigenvalue weighted by Gasteiger charge is -2.12. The number of allylic oxidation sites excluding steroid dienone is 1. The van der Waals surface area contributed by atoms with Gasteiger partial charge in [-0.15, -0.1) is 0 Å². The van der Waals surface area contributed by atoms with Crippen LogP contribution in [0.25, 0.3) is 6.08 Å². The molecule has 0 unspecified atom stereocenters. The predicted molar refractivity (Wildman–Crippen MR) is 97.2 cm³/mol. The molecule has 1 N–H and O–H groups in total. The molecule has 0 spiro atoms. The minimum Gasteiger partial charge on any atom is -0.497 e. The van der Waals surface area contributed by atoms with Crippen LogP contribution in [0.4, 0.5) is 0 Å². The highest BCUT2D eigenvalue weighted by Crippen LogP contribution is 2.19. The molecular formula is C20H25NO4. The van der Waals surface area contributed by atoms with Crippen molar-refractivity contribution in [2.45, 2.75) is 32.1 Å². The normalized spacial score (nSPS) is 14.0. The van der Waals surface area contributed by atoms with Crippen molar-refractivity contribution in [3.8, 4) is 5.75 Å². The van der Waals surface area contributed by atoms with Gasteiger partial charge in [-0.05, 0) is 55.9 Å². The molecule has 5 heteroatoms. The van der Waals surface area contributed by atoms with Crippen LogP contribution in [0.2, 0.25) is 0 Å². The summed E-state index contributed by atoms with van der Waals surface area (Å²) >= 11 is 0. The summed E-state index contributed by atoms with van der Waals surface area (Å²) in [5.74, 6) is -0.0658. The van der Waals surface area contributed by atoms with Gasteiger partial charge in [-0.25, -0.2) is 4.79 Å². The molecule has 0 saturated carbocycles. The van der Waals surface area contributed by atoms with Crippen LogP contribution < -0.4 is 10.1 Å². The highest BCUT2D eigenvalue weighted by molar-refractivity contribution is 5.89. The van der Waals surface area contributed by atoms with Crippen LogP contribution in [0.15, 0.2) is 42.0 Å². The number of methoxy groups -OCH3 is 1. The fourth-order valence-electron chi connectivity index (χ4n) is 2.61. The zero-order valence-corrected chi connectivity index (χ0v) is 14.6. The van der Waals surface area contributed by atoms with E-state index in [0.29, 0.717) is 6.54 Å². The van der Waals surface area contributed by atoms with Crippen molar-refractivity contribution in [1.29, 1.82) is 0 Å². The van der Waals surface area contributed by atoms with Gasteiger partial charge in [-0.2, -0.15) is 0 Å². The molecule has 1 amide bonds. The zero-order valence-electron chi connectivity index (χ0n) is 14.6. The maximum atomic E-state index is 11.7. The first-order valence-corrected chi connectivity index (χ1v) is 8.61. The molecule has 0 aromatic heterocycles. The Morgan fingerprint density at radius 2 is 2.00 bits per heavy atom. The molecule has 1 aliphatic carbocycles. The highest BCUT2D eigenvalue weighted by atomic mass is 16.5.